The number of halogens is 2. The van der Waals surface area contributed by atoms with Crippen molar-refractivity contribution < 1.29 is 27.9 Å². The van der Waals surface area contributed by atoms with Crippen LogP contribution in [0.1, 0.15) is 27.7 Å². The number of carbonyl (C=O) groups excluding carboxylic acids is 3. The van der Waals surface area contributed by atoms with Crippen molar-refractivity contribution in [3.8, 4) is 0 Å². The molecule has 9 heteroatoms. The van der Waals surface area contributed by atoms with Gasteiger partial charge in [0.05, 0.1) is 5.56 Å². The van der Waals surface area contributed by atoms with Gasteiger partial charge in [-0.2, -0.15) is 0 Å². The van der Waals surface area contributed by atoms with E-state index >= 15 is 0 Å². The number of aryl methyl sites for hydroxylation is 1. The van der Waals surface area contributed by atoms with E-state index in [4.69, 9.17) is 4.74 Å². The van der Waals surface area contributed by atoms with Crippen LogP contribution in [0, 0.1) is 25.5 Å². The molecule has 1 heterocycles. The van der Waals surface area contributed by atoms with Crippen LogP contribution < -0.4 is 10.6 Å². The maximum absolute atomic E-state index is 13.1. The van der Waals surface area contributed by atoms with E-state index in [1.165, 1.54) is 24.3 Å². The summed E-state index contributed by atoms with van der Waals surface area (Å²) >= 11 is 1.23. The molecule has 1 aromatic carbocycles. The Kier molecular flexibility index (Phi) is 6.04. The van der Waals surface area contributed by atoms with E-state index in [1.54, 1.807) is 13.8 Å². The lowest BCUT2D eigenvalue weighted by atomic mass is 10.1. The summed E-state index contributed by atoms with van der Waals surface area (Å²) in [6, 6.07) is 2.86. The highest BCUT2D eigenvalue weighted by molar-refractivity contribution is 7.16. The summed E-state index contributed by atoms with van der Waals surface area (Å²) in [6.07, 6.45) is 0. The van der Waals surface area contributed by atoms with Gasteiger partial charge in [-0.05, 0) is 31.5 Å². The molecule has 0 radical (unpaired) electrons. The quantitative estimate of drug-likeness (QED) is 0.777. The lowest BCUT2D eigenvalue weighted by Crippen LogP contribution is -2.21. The number of rotatable bonds is 5. The molecule has 0 unspecified atom stereocenters. The summed E-state index contributed by atoms with van der Waals surface area (Å²) in [4.78, 5) is 36.2. The molecule has 138 valence electrons. The van der Waals surface area contributed by atoms with Gasteiger partial charge >= 0.3 is 5.97 Å². The van der Waals surface area contributed by atoms with Gasteiger partial charge in [-0.25, -0.2) is 13.6 Å². The van der Waals surface area contributed by atoms with Crippen molar-refractivity contribution in [1.29, 1.82) is 0 Å². The highest BCUT2D eigenvalue weighted by Crippen LogP contribution is 2.32. The third-order valence-electron chi connectivity index (χ3n) is 3.42. The Bertz CT molecular complexity index is 880. The molecule has 6 nitrogen and oxygen atoms in total. The first kappa shape index (κ1) is 19.5. The average molecular weight is 382 g/mol. The highest BCUT2D eigenvalue weighted by Gasteiger charge is 2.22. The molecule has 26 heavy (non-hydrogen) atoms. The van der Waals surface area contributed by atoms with E-state index in [0.717, 1.165) is 17.0 Å². The molecular formula is C17H16F2N2O4S. The van der Waals surface area contributed by atoms with Gasteiger partial charge < -0.3 is 15.4 Å². The number of nitrogens with one attached hydrogen (secondary N) is 2. The first-order valence-corrected chi connectivity index (χ1v) is 8.30. The standard InChI is InChI=1S/C17H16F2N2O4S/c1-8-9(2)26-16(20-10(3)22)15(8)17(24)25-7-14(23)21-11-4-5-12(18)13(19)6-11/h4-6H,7H2,1-3H3,(H,20,22)(H,21,23). The molecule has 0 spiro atoms. The minimum Gasteiger partial charge on any atom is -0.452 e. The van der Waals surface area contributed by atoms with E-state index in [9.17, 15) is 23.2 Å². The molecule has 0 bridgehead atoms. The molecule has 2 amide bonds. The van der Waals surface area contributed by atoms with Crippen molar-refractivity contribution in [3.05, 3.63) is 45.8 Å². The monoisotopic (exact) mass is 382 g/mol. The second-order valence-corrected chi connectivity index (χ2v) is 6.65. The minimum atomic E-state index is -1.11. The fourth-order valence-electron chi connectivity index (χ4n) is 2.09. The predicted octanol–water partition coefficient (Wildman–Crippen LogP) is 3.40. The molecular weight excluding hydrogens is 366 g/mol. The fourth-order valence-corrected chi connectivity index (χ4v) is 3.19. The molecule has 2 aromatic rings. The van der Waals surface area contributed by atoms with Crippen LogP contribution in [-0.4, -0.2) is 24.4 Å². The Morgan fingerprint density at radius 2 is 1.81 bits per heavy atom. The molecule has 1 aromatic heterocycles. The second-order valence-electron chi connectivity index (χ2n) is 5.42. The molecule has 2 N–H and O–H groups in total. The van der Waals surface area contributed by atoms with Gasteiger partial charge in [-0.1, -0.05) is 0 Å². The van der Waals surface area contributed by atoms with E-state index in [0.29, 0.717) is 10.6 Å². The summed E-state index contributed by atoms with van der Waals surface area (Å²) < 4.78 is 30.9. The van der Waals surface area contributed by atoms with Gasteiger partial charge in [0.25, 0.3) is 5.91 Å². The van der Waals surface area contributed by atoms with Gasteiger partial charge in [0.2, 0.25) is 5.91 Å². The van der Waals surface area contributed by atoms with Crippen molar-refractivity contribution in [2.75, 3.05) is 17.2 Å². The zero-order chi connectivity index (χ0) is 19.4. The summed E-state index contributed by atoms with van der Waals surface area (Å²) in [5.41, 5.74) is 0.861. The number of anilines is 2. The predicted molar refractivity (Wildman–Crippen MR) is 93.4 cm³/mol. The Morgan fingerprint density at radius 1 is 1.12 bits per heavy atom. The number of ether oxygens (including phenoxy) is 1. The van der Waals surface area contributed by atoms with Crippen LogP contribution in [0.3, 0.4) is 0 Å². The van der Waals surface area contributed by atoms with E-state index in [-0.39, 0.29) is 17.2 Å². The Morgan fingerprint density at radius 3 is 2.42 bits per heavy atom. The van der Waals surface area contributed by atoms with Gasteiger partial charge in [0.1, 0.15) is 5.00 Å². The molecule has 0 atom stereocenters. The topological polar surface area (TPSA) is 84.5 Å². The fraction of sp³-hybridized carbons (Fsp3) is 0.235. The molecule has 0 aliphatic carbocycles. The zero-order valence-electron chi connectivity index (χ0n) is 14.2. The summed E-state index contributed by atoms with van der Waals surface area (Å²) in [7, 11) is 0. The summed E-state index contributed by atoms with van der Waals surface area (Å²) in [5, 5.41) is 5.20. The van der Waals surface area contributed by atoms with Crippen molar-refractivity contribution in [1.82, 2.24) is 0 Å². The third-order valence-corrected chi connectivity index (χ3v) is 4.54. The Hall–Kier alpha value is -2.81. The normalized spacial score (nSPS) is 10.3. The van der Waals surface area contributed by atoms with Gasteiger partial charge in [-0.3, -0.25) is 9.59 Å². The van der Waals surface area contributed by atoms with Gasteiger partial charge in [0.15, 0.2) is 18.2 Å². The smallest absolute Gasteiger partial charge is 0.341 e. The second kappa shape index (κ2) is 8.05. The summed E-state index contributed by atoms with van der Waals surface area (Å²) in [6.45, 7) is 4.19. The number of hydrogen-bond acceptors (Lipinski definition) is 5. The largest absolute Gasteiger partial charge is 0.452 e. The number of thiophene rings is 1. The van der Waals surface area contributed by atoms with Crippen LogP contribution in [0.2, 0.25) is 0 Å². The van der Waals surface area contributed by atoms with Gasteiger partial charge in [-0.15, -0.1) is 11.3 Å². The van der Waals surface area contributed by atoms with Crippen LogP contribution in [0.25, 0.3) is 0 Å². The number of esters is 1. The number of amides is 2. The molecule has 0 aliphatic rings. The lowest BCUT2D eigenvalue weighted by molar-refractivity contribution is -0.119. The molecule has 0 saturated heterocycles. The third kappa shape index (κ3) is 4.63. The Balaban J connectivity index is 2.03. The number of carbonyl (C=O) groups is 3. The lowest BCUT2D eigenvalue weighted by Gasteiger charge is -2.08. The van der Waals surface area contributed by atoms with E-state index in [1.807, 2.05) is 0 Å². The highest BCUT2D eigenvalue weighted by atomic mass is 32.1. The van der Waals surface area contributed by atoms with Crippen molar-refractivity contribution >= 4 is 39.8 Å². The maximum atomic E-state index is 13.1. The Labute approximate surface area is 152 Å². The molecule has 0 fully saturated rings. The summed E-state index contributed by atoms with van der Waals surface area (Å²) in [5.74, 6) is -3.96. The molecule has 0 saturated carbocycles. The van der Waals surface area contributed by atoms with E-state index in [2.05, 4.69) is 10.6 Å². The van der Waals surface area contributed by atoms with Crippen molar-refractivity contribution in [3.63, 3.8) is 0 Å². The van der Waals surface area contributed by atoms with E-state index < -0.39 is 30.1 Å². The zero-order valence-corrected chi connectivity index (χ0v) is 15.1. The average Bonchev–Trinajstić information content (AvgIpc) is 2.82. The van der Waals surface area contributed by atoms with Crippen LogP contribution in [0.15, 0.2) is 18.2 Å². The maximum Gasteiger partial charge on any atom is 0.341 e. The van der Waals surface area contributed by atoms with Crippen LogP contribution >= 0.6 is 11.3 Å². The van der Waals surface area contributed by atoms with Crippen molar-refractivity contribution in [2.45, 2.75) is 20.8 Å². The van der Waals surface area contributed by atoms with Crippen molar-refractivity contribution in [2.24, 2.45) is 0 Å². The SMILES string of the molecule is CC(=O)Nc1sc(C)c(C)c1C(=O)OCC(=O)Nc1ccc(F)c(F)c1. The molecule has 2 rings (SSSR count). The number of hydrogen-bond donors (Lipinski definition) is 2. The molecule has 0 aliphatic heterocycles. The minimum absolute atomic E-state index is 0.0337. The first-order valence-electron chi connectivity index (χ1n) is 7.48. The van der Waals surface area contributed by atoms with Crippen LogP contribution in [0.4, 0.5) is 19.5 Å². The first-order chi connectivity index (χ1) is 12.2. The number of benzene rings is 1. The van der Waals surface area contributed by atoms with Crippen LogP contribution in [-0.2, 0) is 14.3 Å². The van der Waals surface area contributed by atoms with Gasteiger partial charge in [0, 0.05) is 23.6 Å². The van der Waals surface area contributed by atoms with Crippen LogP contribution in [0.5, 0.6) is 0 Å².